The summed E-state index contributed by atoms with van der Waals surface area (Å²) in [6.45, 7) is 3.57. The van der Waals surface area contributed by atoms with Gasteiger partial charge in [0.2, 0.25) is 5.56 Å². The van der Waals surface area contributed by atoms with Crippen LogP contribution in [0.1, 0.15) is 11.1 Å². The van der Waals surface area contributed by atoms with Gasteiger partial charge in [0.1, 0.15) is 0 Å². The van der Waals surface area contributed by atoms with Crippen LogP contribution in [-0.4, -0.2) is 13.4 Å². The molecular formula is C17H16N2O3S. The third-order valence-corrected chi connectivity index (χ3v) is 5.03. The number of hydrogen-bond donors (Lipinski definition) is 2. The fraction of sp³-hybridized carbons (Fsp3) is 0.118. The lowest BCUT2D eigenvalue weighted by molar-refractivity contribution is 0.601. The molecule has 0 radical (unpaired) electrons. The predicted molar refractivity (Wildman–Crippen MR) is 91.3 cm³/mol. The normalized spacial score (nSPS) is 11.6. The van der Waals surface area contributed by atoms with Crippen molar-refractivity contribution in [2.45, 2.75) is 18.7 Å². The number of fused-ring (bicyclic) bond motifs is 1. The SMILES string of the molecule is Cc1cc(=O)[nH]c2c(C)cc(S(=O)(=O)Nc3ccccc3)cc12. The topological polar surface area (TPSA) is 79.0 Å². The number of H-pyrrole nitrogens is 1. The maximum Gasteiger partial charge on any atom is 0.261 e. The monoisotopic (exact) mass is 328 g/mol. The number of aromatic nitrogens is 1. The molecule has 0 atom stereocenters. The van der Waals surface area contributed by atoms with Crippen molar-refractivity contribution in [2.75, 3.05) is 4.72 Å². The van der Waals surface area contributed by atoms with Crippen LogP contribution in [0, 0.1) is 13.8 Å². The second-order valence-corrected chi connectivity index (χ2v) is 7.13. The van der Waals surface area contributed by atoms with Crippen LogP contribution in [0.5, 0.6) is 0 Å². The first kappa shape index (κ1) is 15.3. The average Bonchev–Trinajstić information content (AvgIpc) is 2.48. The van der Waals surface area contributed by atoms with Gasteiger partial charge in [-0.2, -0.15) is 0 Å². The van der Waals surface area contributed by atoms with Crippen LogP contribution in [0.25, 0.3) is 10.9 Å². The lowest BCUT2D eigenvalue weighted by Crippen LogP contribution is -2.14. The first-order valence-electron chi connectivity index (χ1n) is 7.09. The van der Waals surface area contributed by atoms with Gasteiger partial charge in [-0.1, -0.05) is 18.2 Å². The summed E-state index contributed by atoms with van der Waals surface area (Å²) in [6, 6.07) is 13.3. The van der Waals surface area contributed by atoms with Gasteiger partial charge in [0, 0.05) is 17.1 Å². The molecule has 118 valence electrons. The molecule has 0 unspecified atom stereocenters. The summed E-state index contributed by atoms with van der Waals surface area (Å²) >= 11 is 0. The van der Waals surface area contributed by atoms with Crippen LogP contribution in [0.4, 0.5) is 5.69 Å². The lowest BCUT2D eigenvalue weighted by atomic mass is 10.1. The molecule has 3 aromatic rings. The van der Waals surface area contributed by atoms with Gasteiger partial charge < -0.3 is 4.98 Å². The van der Waals surface area contributed by atoms with E-state index in [1.165, 1.54) is 6.07 Å². The minimum absolute atomic E-state index is 0.168. The van der Waals surface area contributed by atoms with Crippen molar-refractivity contribution in [1.29, 1.82) is 0 Å². The summed E-state index contributed by atoms with van der Waals surface area (Å²) in [5.74, 6) is 0. The molecule has 0 aliphatic heterocycles. The standard InChI is InChI=1S/C17H16N2O3S/c1-11-9-16(20)18-17-12(2)8-14(10-15(11)17)23(21,22)19-13-6-4-3-5-7-13/h3-10,19H,1-2H3,(H,18,20). The molecule has 2 aromatic carbocycles. The van der Waals surface area contributed by atoms with Gasteiger partial charge in [0.15, 0.2) is 0 Å². The Morgan fingerprint density at radius 1 is 0.957 bits per heavy atom. The lowest BCUT2D eigenvalue weighted by Gasteiger charge is -2.11. The highest BCUT2D eigenvalue weighted by Crippen LogP contribution is 2.24. The smallest absolute Gasteiger partial charge is 0.261 e. The van der Waals surface area contributed by atoms with Crippen molar-refractivity contribution in [3.05, 3.63) is 70.0 Å². The van der Waals surface area contributed by atoms with E-state index in [9.17, 15) is 13.2 Å². The molecule has 5 nitrogen and oxygen atoms in total. The Balaban J connectivity index is 2.15. The number of nitrogens with one attached hydrogen (secondary N) is 2. The van der Waals surface area contributed by atoms with Crippen molar-refractivity contribution < 1.29 is 8.42 Å². The van der Waals surface area contributed by atoms with E-state index in [2.05, 4.69) is 9.71 Å². The zero-order valence-corrected chi connectivity index (χ0v) is 13.6. The summed E-state index contributed by atoms with van der Waals surface area (Å²) in [4.78, 5) is 14.5. The third kappa shape index (κ3) is 2.98. The second-order valence-electron chi connectivity index (χ2n) is 5.45. The van der Waals surface area contributed by atoms with Crippen LogP contribution in [0.2, 0.25) is 0 Å². The molecule has 6 heteroatoms. The minimum atomic E-state index is -3.70. The van der Waals surface area contributed by atoms with Gasteiger partial charge in [0.25, 0.3) is 10.0 Å². The van der Waals surface area contributed by atoms with Gasteiger partial charge >= 0.3 is 0 Å². The third-order valence-electron chi connectivity index (χ3n) is 3.67. The fourth-order valence-electron chi connectivity index (χ4n) is 2.54. The number of benzene rings is 2. The Morgan fingerprint density at radius 2 is 1.65 bits per heavy atom. The van der Waals surface area contributed by atoms with Gasteiger partial charge in [0.05, 0.1) is 10.4 Å². The molecule has 0 spiro atoms. The minimum Gasteiger partial charge on any atom is -0.322 e. The van der Waals surface area contributed by atoms with E-state index in [1.54, 1.807) is 50.2 Å². The van der Waals surface area contributed by atoms with Crippen molar-refractivity contribution >= 4 is 26.6 Å². The van der Waals surface area contributed by atoms with Crippen LogP contribution >= 0.6 is 0 Å². The van der Waals surface area contributed by atoms with E-state index in [-0.39, 0.29) is 10.5 Å². The van der Waals surface area contributed by atoms with E-state index in [0.29, 0.717) is 16.8 Å². The summed E-state index contributed by atoms with van der Waals surface area (Å²) in [5, 5.41) is 0.720. The Labute approximate surface area is 134 Å². The van der Waals surface area contributed by atoms with Crippen molar-refractivity contribution in [3.8, 4) is 0 Å². The number of aryl methyl sites for hydroxylation is 2. The molecule has 0 saturated carbocycles. The van der Waals surface area contributed by atoms with Gasteiger partial charge in [-0.15, -0.1) is 0 Å². The fourth-order valence-corrected chi connectivity index (χ4v) is 3.71. The zero-order chi connectivity index (χ0) is 16.6. The van der Waals surface area contributed by atoms with Crippen LogP contribution in [0.3, 0.4) is 0 Å². The predicted octanol–water partition coefficient (Wildman–Crippen LogP) is 2.95. The van der Waals surface area contributed by atoms with Gasteiger partial charge in [-0.05, 0) is 49.2 Å². The summed E-state index contributed by atoms with van der Waals surface area (Å²) < 4.78 is 27.7. The number of pyridine rings is 1. The van der Waals surface area contributed by atoms with Gasteiger partial charge in [-0.3, -0.25) is 9.52 Å². The highest BCUT2D eigenvalue weighted by atomic mass is 32.2. The number of rotatable bonds is 3. The zero-order valence-electron chi connectivity index (χ0n) is 12.8. The summed E-state index contributed by atoms with van der Waals surface area (Å²) in [5.41, 5.74) is 2.41. The number of hydrogen-bond acceptors (Lipinski definition) is 3. The number of para-hydroxylation sites is 1. The van der Waals surface area contributed by atoms with Crippen molar-refractivity contribution in [1.82, 2.24) is 4.98 Å². The Morgan fingerprint density at radius 3 is 2.35 bits per heavy atom. The quantitative estimate of drug-likeness (QED) is 0.776. The largest absolute Gasteiger partial charge is 0.322 e. The van der Waals surface area contributed by atoms with E-state index in [0.717, 1.165) is 10.9 Å². The second kappa shape index (κ2) is 5.55. The molecule has 2 N–H and O–H groups in total. The van der Waals surface area contributed by atoms with Crippen molar-refractivity contribution in [3.63, 3.8) is 0 Å². The Kier molecular flexibility index (Phi) is 3.69. The van der Waals surface area contributed by atoms with Gasteiger partial charge in [-0.25, -0.2) is 8.42 Å². The average molecular weight is 328 g/mol. The number of aromatic amines is 1. The molecule has 0 aliphatic carbocycles. The van der Waals surface area contributed by atoms with Crippen molar-refractivity contribution in [2.24, 2.45) is 0 Å². The highest BCUT2D eigenvalue weighted by Gasteiger charge is 2.17. The molecule has 0 fully saturated rings. The maximum absolute atomic E-state index is 12.6. The first-order chi connectivity index (χ1) is 10.9. The van der Waals surface area contributed by atoms with Crippen LogP contribution in [0.15, 0.2) is 58.2 Å². The molecule has 3 rings (SSSR count). The number of anilines is 1. The molecule has 23 heavy (non-hydrogen) atoms. The number of sulfonamides is 1. The maximum atomic E-state index is 12.6. The van der Waals surface area contributed by atoms with Crippen LogP contribution < -0.4 is 10.3 Å². The van der Waals surface area contributed by atoms with Crippen LogP contribution in [-0.2, 0) is 10.0 Å². The van der Waals surface area contributed by atoms with E-state index < -0.39 is 10.0 Å². The highest BCUT2D eigenvalue weighted by molar-refractivity contribution is 7.92. The molecular weight excluding hydrogens is 312 g/mol. The summed E-state index contributed by atoms with van der Waals surface area (Å²) in [7, 11) is -3.70. The molecule has 0 amide bonds. The van der Waals surface area contributed by atoms with E-state index in [1.807, 2.05) is 6.07 Å². The first-order valence-corrected chi connectivity index (χ1v) is 8.57. The molecule has 1 aromatic heterocycles. The molecule has 0 aliphatic rings. The summed E-state index contributed by atoms with van der Waals surface area (Å²) in [6.07, 6.45) is 0. The molecule has 0 saturated heterocycles. The van der Waals surface area contributed by atoms with E-state index in [4.69, 9.17) is 0 Å². The Hall–Kier alpha value is -2.60. The van der Waals surface area contributed by atoms with E-state index >= 15 is 0 Å². The Bertz CT molecular complexity index is 1040. The molecule has 1 heterocycles. The molecule has 0 bridgehead atoms.